The van der Waals surface area contributed by atoms with Gasteiger partial charge in [-0.05, 0) is 41.8 Å². The Morgan fingerprint density at radius 1 is 1.05 bits per heavy atom. The summed E-state index contributed by atoms with van der Waals surface area (Å²) in [6, 6.07) is 18.7. The molecular weight excluding hydrogens is 248 g/mol. The first-order chi connectivity index (χ1) is 9.88. The third-order valence-electron chi connectivity index (χ3n) is 3.66. The van der Waals surface area contributed by atoms with Crippen LogP contribution in [0.5, 0.6) is 5.75 Å². The van der Waals surface area contributed by atoms with E-state index in [0.717, 1.165) is 30.0 Å². The van der Waals surface area contributed by atoms with Gasteiger partial charge in [0.15, 0.2) is 0 Å². The first-order valence-corrected chi connectivity index (χ1v) is 6.88. The van der Waals surface area contributed by atoms with Crippen molar-refractivity contribution in [2.45, 2.75) is 12.3 Å². The summed E-state index contributed by atoms with van der Waals surface area (Å²) in [4.78, 5) is 0. The molecule has 0 saturated heterocycles. The van der Waals surface area contributed by atoms with E-state index in [2.05, 4.69) is 53.0 Å². The highest BCUT2D eigenvalue weighted by atomic mass is 16.5. The fraction of sp³-hybridized carbons (Fsp3) is 0.235. The second-order valence-corrected chi connectivity index (χ2v) is 4.89. The van der Waals surface area contributed by atoms with Crippen LogP contribution in [0.2, 0.25) is 0 Å². The molecule has 0 aromatic heterocycles. The lowest BCUT2D eigenvalue weighted by Gasteiger charge is -2.24. The number of hydrazone groups is 1. The maximum absolute atomic E-state index is 5.21. The minimum absolute atomic E-state index is 0.353. The summed E-state index contributed by atoms with van der Waals surface area (Å²) in [6.45, 7) is 0.916. The average molecular weight is 266 g/mol. The molecule has 1 heterocycles. The summed E-state index contributed by atoms with van der Waals surface area (Å²) in [5.74, 6) is 1.22. The van der Waals surface area contributed by atoms with Crippen molar-refractivity contribution in [1.82, 2.24) is 5.43 Å². The topological polar surface area (TPSA) is 33.6 Å². The van der Waals surface area contributed by atoms with Gasteiger partial charge in [-0.2, -0.15) is 5.10 Å². The van der Waals surface area contributed by atoms with Crippen molar-refractivity contribution in [1.29, 1.82) is 0 Å². The zero-order valence-corrected chi connectivity index (χ0v) is 11.5. The summed E-state index contributed by atoms with van der Waals surface area (Å²) < 4.78 is 5.21. The largest absolute Gasteiger partial charge is 0.497 e. The Labute approximate surface area is 119 Å². The van der Waals surface area contributed by atoms with Gasteiger partial charge in [-0.1, -0.05) is 30.3 Å². The number of ether oxygens (including phenoxy) is 1. The Hall–Kier alpha value is -2.29. The van der Waals surface area contributed by atoms with Crippen molar-refractivity contribution in [2.24, 2.45) is 5.10 Å². The fourth-order valence-electron chi connectivity index (χ4n) is 2.60. The molecule has 102 valence electrons. The first kappa shape index (κ1) is 12.7. The highest BCUT2D eigenvalue weighted by Gasteiger charge is 2.22. The smallest absolute Gasteiger partial charge is 0.118 e. The summed E-state index contributed by atoms with van der Waals surface area (Å²) in [7, 11) is 1.68. The molecule has 3 rings (SSSR count). The molecule has 20 heavy (non-hydrogen) atoms. The SMILES string of the molecule is COc1ccc(C2=NNCCC2c2ccccc2)cc1. The van der Waals surface area contributed by atoms with Crippen LogP contribution in [-0.2, 0) is 0 Å². The number of hydrogen-bond donors (Lipinski definition) is 1. The number of benzene rings is 2. The number of nitrogens with one attached hydrogen (secondary N) is 1. The lowest BCUT2D eigenvalue weighted by Crippen LogP contribution is -2.27. The minimum Gasteiger partial charge on any atom is -0.497 e. The van der Waals surface area contributed by atoms with Crippen molar-refractivity contribution in [3.63, 3.8) is 0 Å². The van der Waals surface area contributed by atoms with Crippen molar-refractivity contribution < 1.29 is 4.74 Å². The lowest BCUT2D eigenvalue weighted by molar-refractivity contribution is 0.415. The van der Waals surface area contributed by atoms with Crippen LogP contribution in [0.1, 0.15) is 23.5 Å². The number of rotatable bonds is 3. The van der Waals surface area contributed by atoms with Crippen LogP contribution < -0.4 is 10.2 Å². The minimum atomic E-state index is 0.353. The molecule has 0 bridgehead atoms. The second-order valence-electron chi connectivity index (χ2n) is 4.89. The molecule has 1 unspecified atom stereocenters. The number of nitrogens with zero attached hydrogens (tertiary/aromatic N) is 1. The molecule has 3 heteroatoms. The standard InChI is InChI=1S/C17H18N2O/c1-20-15-9-7-14(8-10-15)17-16(11-12-18-19-17)13-5-3-2-4-6-13/h2-10,16,18H,11-12H2,1H3. The Balaban J connectivity index is 1.94. The second kappa shape index (κ2) is 5.78. The predicted molar refractivity (Wildman–Crippen MR) is 81.3 cm³/mol. The number of hydrogen-bond acceptors (Lipinski definition) is 3. The molecule has 1 aliphatic heterocycles. The van der Waals surface area contributed by atoms with Gasteiger partial charge in [-0.25, -0.2) is 0 Å². The van der Waals surface area contributed by atoms with Crippen molar-refractivity contribution in [3.8, 4) is 5.75 Å². The third kappa shape index (κ3) is 2.52. The van der Waals surface area contributed by atoms with Gasteiger partial charge in [0.05, 0.1) is 12.8 Å². The lowest BCUT2D eigenvalue weighted by atomic mass is 9.86. The van der Waals surface area contributed by atoms with E-state index in [9.17, 15) is 0 Å². The van der Waals surface area contributed by atoms with E-state index in [1.54, 1.807) is 7.11 Å². The van der Waals surface area contributed by atoms with Gasteiger partial charge in [0.2, 0.25) is 0 Å². The zero-order chi connectivity index (χ0) is 13.8. The van der Waals surface area contributed by atoms with E-state index in [1.807, 2.05) is 12.1 Å². The van der Waals surface area contributed by atoms with Crippen molar-refractivity contribution >= 4 is 5.71 Å². The maximum Gasteiger partial charge on any atom is 0.118 e. The van der Waals surface area contributed by atoms with Crippen LogP contribution in [0.25, 0.3) is 0 Å². The molecule has 2 aromatic rings. The van der Waals surface area contributed by atoms with Crippen LogP contribution in [0.3, 0.4) is 0 Å². The quantitative estimate of drug-likeness (QED) is 0.925. The zero-order valence-electron chi connectivity index (χ0n) is 11.5. The van der Waals surface area contributed by atoms with Gasteiger partial charge in [0.25, 0.3) is 0 Å². The molecule has 0 fully saturated rings. The van der Waals surface area contributed by atoms with Crippen LogP contribution in [-0.4, -0.2) is 19.4 Å². The molecule has 3 nitrogen and oxygen atoms in total. The molecule has 1 aliphatic rings. The number of methoxy groups -OCH3 is 1. The molecule has 0 aliphatic carbocycles. The van der Waals surface area contributed by atoms with Gasteiger partial charge in [0, 0.05) is 12.5 Å². The van der Waals surface area contributed by atoms with Crippen molar-refractivity contribution in [3.05, 3.63) is 65.7 Å². The van der Waals surface area contributed by atoms with Gasteiger partial charge in [0.1, 0.15) is 5.75 Å². The maximum atomic E-state index is 5.21. The monoisotopic (exact) mass is 266 g/mol. The van der Waals surface area contributed by atoms with E-state index in [-0.39, 0.29) is 0 Å². The molecule has 2 aromatic carbocycles. The van der Waals surface area contributed by atoms with E-state index in [0.29, 0.717) is 5.92 Å². The summed E-state index contributed by atoms with van der Waals surface area (Å²) in [6.07, 6.45) is 1.06. The Kier molecular flexibility index (Phi) is 3.68. The molecule has 0 spiro atoms. The van der Waals surface area contributed by atoms with Crippen molar-refractivity contribution in [2.75, 3.05) is 13.7 Å². The predicted octanol–water partition coefficient (Wildman–Crippen LogP) is 3.18. The Bertz CT molecular complexity index is 590. The fourth-order valence-corrected chi connectivity index (χ4v) is 2.60. The third-order valence-corrected chi connectivity index (χ3v) is 3.66. The summed E-state index contributed by atoms with van der Waals surface area (Å²) in [5.41, 5.74) is 6.69. The van der Waals surface area contributed by atoms with E-state index < -0.39 is 0 Å². The van der Waals surface area contributed by atoms with Crippen LogP contribution in [0.4, 0.5) is 0 Å². The van der Waals surface area contributed by atoms with Gasteiger partial charge in [-0.15, -0.1) is 0 Å². The molecular formula is C17H18N2O. The molecule has 0 radical (unpaired) electrons. The highest BCUT2D eigenvalue weighted by molar-refractivity contribution is 6.05. The average Bonchev–Trinajstić information content (AvgIpc) is 2.56. The summed E-state index contributed by atoms with van der Waals surface area (Å²) >= 11 is 0. The van der Waals surface area contributed by atoms with E-state index in [1.165, 1.54) is 5.56 Å². The van der Waals surface area contributed by atoms with Gasteiger partial charge < -0.3 is 10.2 Å². The molecule has 0 amide bonds. The van der Waals surface area contributed by atoms with Gasteiger partial charge in [-0.3, -0.25) is 0 Å². The van der Waals surface area contributed by atoms with Crippen LogP contribution in [0, 0.1) is 0 Å². The Morgan fingerprint density at radius 2 is 1.80 bits per heavy atom. The summed E-state index contributed by atoms with van der Waals surface area (Å²) in [5, 5.41) is 4.54. The molecule has 1 atom stereocenters. The Morgan fingerprint density at radius 3 is 2.50 bits per heavy atom. The van der Waals surface area contributed by atoms with Gasteiger partial charge >= 0.3 is 0 Å². The normalized spacial score (nSPS) is 18.1. The van der Waals surface area contributed by atoms with E-state index in [4.69, 9.17) is 4.74 Å². The molecule has 1 N–H and O–H groups in total. The van der Waals surface area contributed by atoms with E-state index >= 15 is 0 Å². The highest BCUT2D eigenvalue weighted by Crippen LogP contribution is 2.27. The molecule has 0 saturated carbocycles. The first-order valence-electron chi connectivity index (χ1n) is 6.88. The van der Waals surface area contributed by atoms with Crippen LogP contribution >= 0.6 is 0 Å². The van der Waals surface area contributed by atoms with Crippen LogP contribution in [0.15, 0.2) is 59.7 Å².